The average molecular weight is 339 g/mol. The number of hydrogen-bond acceptors (Lipinski definition) is 3. The largest absolute Gasteiger partial charge is 0.459 e. The van der Waals surface area contributed by atoms with Gasteiger partial charge in [0.05, 0.1) is 18.4 Å². The molecule has 0 aliphatic rings. The van der Waals surface area contributed by atoms with E-state index in [1.165, 1.54) is 30.7 Å². The number of nitrogens with one attached hydrogen (secondary N) is 1. The molecule has 0 fully saturated rings. The van der Waals surface area contributed by atoms with Crippen LogP contribution in [-0.4, -0.2) is 15.7 Å². The summed E-state index contributed by atoms with van der Waals surface area (Å²) >= 11 is 0. The van der Waals surface area contributed by atoms with Crippen molar-refractivity contribution in [2.24, 2.45) is 0 Å². The summed E-state index contributed by atoms with van der Waals surface area (Å²) in [5.74, 6) is -6.43. The lowest BCUT2D eigenvalue weighted by molar-refractivity contribution is 0.0996. The third-order valence-corrected chi connectivity index (χ3v) is 3.15. The van der Waals surface area contributed by atoms with Gasteiger partial charge in [-0.2, -0.15) is 5.10 Å². The molecule has 0 radical (unpaired) electrons. The van der Waals surface area contributed by atoms with E-state index in [1.807, 2.05) is 0 Å². The van der Waals surface area contributed by atoms with Gasteiger partial charge in [-0.15, -0.1) is 0 Å². The number of rotatable bonds is 4. The summed E-state index contributed by atoms with van der Waals surface area (Å²) in [5.41, 5.74) is -0.806. The minimum absolute atomic E-state index is 0.0499. The fraction of sp³-hybridized carbons (Fsp3) is 0.0667. The van der Waals surface area contributed by atoms with Crippen LogP contribution in [0.3, 0.4) is 0 Å². The maximum Gasteiger partial charge on any atom is 0.292 e. The second kappa shape index (κ2) is 6.19. The van der Waals surface area contributed by atoms with Crippen molar-refractivity contribution in [2.75, 3.05) is 5.32 Å². The Morgan fingerprint density at radius 3 is 2.50 bits per heavy atom. The predicted molar refractivity (Wildman–Crippen MR) is 74.3 cm³/mol. The van der Waals surface area contributed by atoms with Crippen LogP contribution in [0.4, 0.5) is 23.4 Å². The van der Waals surface area contributed by atoms with E-state index in [2.05, 4.69) is 10.4 Å². The molecule has 0 saturated carbocycles. The number of halogens is 4. The highest BCUT2D eigenvalue weighted by molar-refractivity contribution is 6.01. The first-order chi connectivity index (χ1) is 11.5. The zero-order valence-electron chi connectivity index (χ0n) is 11.9. The highest BCUT2D eigenvalue weighted by Gasteiger charge is 2.20. The van der Waals surface area contributed by atoms with E-state index in [0.717, 1.165) is 4.68 Å². The standard InChI is InChI=1S/C15H9F4N3O2/c16-9-6-10(17)14(19)8(13(9)18)7-22-4-3-12(21-22)20-15(23)11-2-1-5-24-11/h1-6H,7H2,(H,20,21,23). The summed E-state index contributed by atoms with van der Waals surface area (Å²) < 4.78 is 59.5. The van der Waals surface area contributed by atoms with Crippen molar-refractivity contribution in [1.82, 2.24) is 9.78 Å². The lowest BCUT2D eigenvalue weighted by atomic mass is 10.2. The first kappa shape index (κ1) is 15.8. The molecular weight excluding hydrogens is 330 g/mol. The fourth-order valence-electron chi connectivity index (χ4n) is 2.03. The van der Waals surface area contributed by atoms with E-state index < -0.39 is 41.3 Å². The third-order valence-electron chi connectivity index (χ3n) is 3.15. The zero-order valence-corrected chi connectivity index (χ0v) is 11.9. The van der Waals surface area contributed by atoms with Crippen LogP contribution in [0.5, 0.6) is 0 Å². The van der Waals surface area contributed by atoms with Gasteiger partial charge >= 0.3 is 0 Å². The highest BCUT2D eigenvalue weighted by atomic mass is 19.2. The molecule has 1 amide bonds. The zero-order chi connectivity index (χ0) is 17.3. The van der Waals surface area contributed by atoms with Gasteiger partial charge < -0.3 is 9.73 Å². The number of hydrogen-bond donors (Lipinski definition) is 1. The SMILES string of the molecule is O=C(Nc1ccn(Cc2c(F)c(F)cc(F)c2F)n1)c1ccco1. The summed E-state index contributed by atoms with van der Waals surface area (Å²) in [4.78, 5) is 11.8. The van der Waals surface area contributed by atoms with Crippen molar-refractivity contribution in [3.8, 4) is 0 Å². The smallest absolute Gasteiger partial charge is 0.292 e. The maximum atomic E-state index is 13.6. The number of furan rings is 1. The molecule has 2 aromatic heterocycles. The molecule has 9 heteroatoms. The third kappa shape index (κ3) is 3.00. The quantitative estimate of drug-likeness (QED) is 0.586. The number of amides is 1. The van der Waals surface area contributed by atoms with Crippen LogP contribution in [0.2, 0.25) is 0 Å². The van der Waals surface area contributed by atoms with E-state index in [1.54, 1.807) is 0 Å². The first-order valence-corrected chi connectivity index (χ1v) is 6.66. The summed E-state index contributed by atoms with van der Waals surface area (Å²) in [6.45, 7) is -0.553. The minimum Gasteiger partial charge on any atom is -0.459 e. The summed E-state index contributed by atoms with van der Waals surface area (Å²) in [6, 6.07) is 4.45. The molecule has 1 N–H and O–H groups in total. The molecule has 5 nitrogen and oxygen atoms in total. The summed E-state index contributed by atoms with van der Waals surface area (Å²) in [7, 11) is 0. The van der Waals surface area contributed by atoms with Crippen LogP contribution in [0, 0.1) is 23.3 Å². The van der Waals surface area contributed by atoms with Crippen molar-refractivity contribution < 1.29 is 26.8 Å². The van der Waals surface area contributed by atoms with E-state index in [9.17, 15) is 22.4 Å². The Morgan fingerprint density at radius 2 is 1.88 bits per heavy atom. The van der Waals surface area contributed by atoms with Gasteiger partial charge in [-0.05, 0) is 12.1 Å². The van der Waals surface area contributed by atoms with E-state index in [4.69, 9.17) is 4.42 Å². The average Bonchev–Trinajstić information content (AvgIpc) is 3.21. The Morgan fingerprint density at radius 1 is 1.17 bits per heavy atom. The van der Waals surface area contributed by atoms with Gasteiger partial charge in [0.1, 0.15) is 0 Å². The first-order valence-electron chi connectivity index (χ1n) is 6.66. The predicted octanol–water partition coefficient (Wildman–Crippen LogP) is 3.33. The van der Waals surface area contributed by atoms with Crippen LogP contribution in [0.15, 0.2) is 41.1 Å². The molecule has 24 heavy (non-hydrogen) atoms. The molecule has 3 rings (SSSR count). The Labute approximate surface area is 132 Å². The van der Waals surface area contributed by atoms with Gasteiger partial charge in [0.25, 0.3) is 5.91 Å². The number of carbonyl (C=O) groups is 1. The monoisotopic (exact) mass is 339 g/mol. The fourth-order valence-corrected chi connectivity index (χ4v) is 2.03. The number of carbonyl (C=O) groups excluding carboxylic acids is 1. The highest BCUT2D eigenvalue weighted by Crippen LogP contribution is 2.20. The summed E-state index contributed by atoms with van der Waals surface area (Å²) in [5, 5.41) is 6.26. The number of aromatic nitrogens is 2. The Balaban J connectivity index is 1.79. The van der Waals surface area contributed by atoms with Crippen molar-refractivity contribution >= 4 is 11.7 Å². The van der Waals surface area contributed by atoms with Gasteiger partial charge in [0.2, 0.25) is 0 Å². The molecule has 0 spiro atoms. The molecule has 3 aromatic rings. The Kier molecular flexibility index (Phi) is 4.07. The van der Waals surface area contributed by atoms with Crippen molar-refractivity contribution in [1.29, 1.82) is 0 Å². The van der Waals surface area contributed by atoms with Gasteiger partial charge in [-0.3, -0.25) is 9.48 Å². The van der Waals surface area contributed by atoms with Crippen LogP contribution < -0.4 is 5.32 Å². The molecule has 124 valence electrons. The Bertz CT molecular complexity index is 864. The topological polar surface area (TPSA) is 60.1 Å². The molecule has 0 unspecified atom stereocenters. The molecular formula is C15H9F4N3O2. The van der Waals surface area contributed by atoms with E-state index in [0.29, 0.717) is 0 Å². The maximum absolute atomic E-state index is 13.6. The van der Waals surface area contributed by atoms with Crippen LogP contribution in [-0.2, 0) is 6.54 Å². The number of anilines is 1. The van der Waals surface area contributed by atoms with Crippen molar-refractivity contribution in [2.45, 2.75) is 6.54 Å². The van der Waals surface area contributed by atoms with E-state index >= 15 is 0 Å². The van der Waals surface area contributed by atoms with Crippen molar-refractivity contribution in [3.05, 3.63) is 71.3 Å². The van der Waals surface area contributed by atoms with Gasteiger partial charge in [0.15, 0.2) is 34.8 Å². The molecule has 2 heterocycles. The molecule has 0 aliphatic heterocycles. The van der Waals surface area contributed by atoms with Gasteiger partial charge in [-0.1, -0.05) is 0 Å². The molecule has 0 bridgehead atoms. The van der Waals surface area contributed by atoms with Crippen molar-refractivity contribution in [3.63, 3.8) is 0 Å². The van der Waals surface area contributed by atoms with Gasteiger partial charge in [-0.25, -0.2) is 17.6 Å². The lowest BCUT2D eigenvalue weighted by Crippen LogP contribution is -2.13. The normalized spacial score (nSPS) is 10.8. The minimum atomic E-state index is -1.50. The van der Waals surface area contributed by atoms with Crippen LogP contribution in [0.1, 0.15) is 16.1 Å². The van der Waals surface area contributed by atoms with Crippen LogP contribution >= 0.6 is 0 Å². The molecule has 1 aromatic carbocycles. The summed E-state index contributed by atoms with van der Waals surface area (Å²) in [6.07, 6.45) is 2.61. The molecule has 0 atom stereocenters. The Hall–Kier alpha value is -3.10. The molecule has 0 saturated heterocycles. The van der Waals surface area contributed by atoms with Gasteiger partial charge in [0, 0.05) is 18.3 Å². The molecule has 0 aliphatic carbocycles. The number of nitrogens with zero attached hydrogens (tertiary/aromatic N) is 2. The number of benzene rings is 1. The lowest BCUT2D eigenvalue weighted by Gasteiger charge is -2.07. The van der Waals surface area contributed by atoms with E-state index in [-0.39, 0.29) is 17.6 Å². The second-order valence-electron chi connectivity index (χ2n) is 4.78. The van der Waals surface area contributed by atoms with Crippen LogP contribution in [0.25, 0.3) is 0 Å². The second-order valence-corrected chi connectivity index (χ2v) is 4.78.